The number of hydrogen-bond donors (Lipinski definition) is 2. The predicted molar refractivity (Wildman–Crippen MR) is 81.7 cm³/mol. The minimum atomic E-state index is -4.41. The second-order valence-electron chi connectivity index (χ2n) is 6.10. The third kappa shape index (κ3) is 5.65. The summed E-state index contributed by atoms with van der Waals surface area (Å²) in [7, 11) is 0. The number of nitrogens with one attached hydrogen (secondary N) is 1. The molecule has 1 atom stereocenters. The van der Waals surface area contributed by atoms with Gasteiger partial charge in [-0.2, -0.15) is 13.2 Å². The molecule has 24 heavy (non-hydrogen) atoms. The molecule has 1 aromatic rings. The number of guanidine groups is 1. The van der Waals surface area contributed by atoms with Crippen molar-refractivity contribution >= 4 is 5.96 Å². The predicted octanol–water partition coefficient (Wildman–Crippen LogP) is 3.94. The standard InChI is InChI=1S/C16H20F5N3/c17-15(18)6-2-4-12(8-15)10-24-14(22)23-9-11-3-1-5-13(7-11)16(19,20)21/h1,3,5,7,12H,2,4,6,8-10H2,(H3,22,23,24). The van der Waals surface area contributed by atoms with Gasteiger partial charge in [-0.05, 0) is 36.5 Å². The van der Waals surface area contributed by atoms with Gasteiger partial charge in [0, 0.05) is 19.4 Å². The molecular formula is C16H20F5N3. The van der Waals surface area contributed by atoms with Crippen LogP contribution in [0.1, 0.15) is 36.8 Å². The van der Waals surface area contributed by atoms with Gasteiger partial charge in [-0.1, -0.05) is 12.1 Å². The fourth-order valence-corrected chi connectivity index (χ4v) is 2.78. The molecule has 2 rings (SSSR count). The highest BCUT2D eigenvalue weighted by Gasteiger charge is 2.36. The summed E-state index contributed by atoms with van der Waals surface area (Å²) in [6.07, 6.45) is -3.50. The molecule has 1 unspecified atom stereocenters. The smallest absolute Gasteiger partial charge is 0.370 e. The molecular weight excluding hydrogens is 329 g/mol. The molecule has 0 aliphatic heterocycles. The van der Waals surface area contributed by atoms with E-state index >= 15 is 0 Å². The van der Waals surface area contributed by atoms with E-state index in [1.807, 2.05) is 0 Å². The van der Waals surface area contributed by atoms with Crippen LogP contribution in [0.5, 0.6) is 0 Å². The number of nitrogens with zero attached hydrogens (tertiary/aromatic N) is 1. The highest BCUT2D eigenvalue weighted by atomic mass is 19.4. The largest absolute Gasteiger partial charge is 0.416 e. The third-order valence-electron chi connectivity index (χ3n) is 4.00. The van der Waals surface area contributed by atoms with Crippen LogP contribution in [-0.2, 0) is 12.7 Å². The van der Waals surface area contributed by atoms with Gasteiger partial charge in [0.15, 0.2) is 5.96 Å². The molecule has 0 saturated heterocycles. The Morgan fingerprint density at radius 3 is 2.75 bits per heavy atom. The lowest BCUT2D eigenvalue weighted by atomic mass is 9.86. The highest BCUT2D eigenvalue weighted by molar-refractivity contribution is 5.77. The van der Waals surface area contributed by atoms with Crippen molar-refractivity contribution in [1.82, 2.24) is 5.32 Å². The van der Waals surface area contributed by atoms with E-state index in [2.05, 4.69) is 10.3 Å². The van der Waals surface area contributed by atoms with Crippen LogP contribution in [0.4, 0.5) is 22.0 Å². The van der Waals surface area contributed by atoms with Gasteiger partial charge < -0.3 is 11.1 Å². The number of rotatable bonds is 4. The average Bonchev–Trinajstić information content (AvgIpc) is 2.49. The van der Waals surface area contributed by atoms with E-state index in [9.17, 15) is 22.0 Å². The van der Waals surface area contributed by atoms with Gasteiger partial charge in [-0.25, -0.2) is 13.8 Å². The Morgan fingerprint density at radius 1 is 1.33 bits per heavy atom. The Balaban J connectivity index is 1.86. The minimum absolute atomic E-state index is 0.0103. The maximum absolute atomic E-state index is 13.3. The van der Waals surface area contributed by atoms with E-state index in [0.717, 1.165) is 12.1 Å². The topological polar surface area (TPSA) is 50.4 Å². The Bertz CT molecular complexity index is 583. The number of aliphatic imine (C=N–C) groups is 1. The summed E-state index contributed by atoms with van der Waals surface area (Å²) >= 11 is 0. The van der Waals surface area contributed by atoms with E-state index in [-0.39, 0.29) is 37.8 Å². The number of alkyl halides is 5. The first kappa shape index (κ1) is 18.5. The zero-order chi connectivity index (χ0) is 17.8. The molecule has 0 radical (unpaired) electrons. The molecule has 0 bridgehead atoms. The van der Waals surface area contributed by atoms with Gasteiger partial charge in [-0.15, -0.1) is 0 Å². The first-order chi connectivity index (χ1) is 11.2. The van der Waals surface area contributed by atoms with Crippen molar-refractivity contribution in [2.24, 2.45) is 16.6 Å². The van der Waals surface area contributed by atoms with E-state index < -0.39 is 17.7 Å². The normalized spacial score (nSPS) is 21.5. The van der Waals surface area contributed by atoms with Crippen LogP contribution < -0.4 is 11.1 Å². The zero-order valence-corrected chi connectivity index (χ0v) is 13.0. The summed E-state index contributed by atoms with van der Waals surface area (Å²) < 4.78 is 64.5. The Labute approximate surface area is 137 Å². The summed E-state index contributed by atoms with van der Waals surface area (Å²) in [5.41, 5.74) is 5.29. The Kier molecular flexibility index (Phi) is 5.66. The number of benzene rings is 1. The molecule has 1 aliphatic rings. The summed E-state index contributed by atoms with van der Waals surface area (Å²) in [4.78, 5) is 3.97. The SMILES string of the molecule is NC(=NCc1cccc(C(F)(F)F)c1)NCC1CCCC(F)(F)C1. The van der Waals surface area contributed by atoms with Gasteiger partial charge in [0.2, 0.25) is 5.92 Å². The van der Waals surface area contributed by atoms with Crippen molar-refractivity contribution in [1.29, 1.82) is 0 Å². The van der Waals surface area contributed by atoms with Crippen LogP contribution in [0.25, 0.3) is 0 Å². The molecule has 1 saturated carbocycles. The molecule has 1 fully saturated rings. The van der Waals surface area contributed by atoms with Crippen LogP contribution in [0.15, 0.2) is 29.3 Å². The van der Waals surface area contributed by atoms with Crippen LogP contribution in [-0.4, -0.2) is 18.4 Å². The van der Waals surface area contributed by atoms with Gasteiger partial charge in [-0.3, -0.25) is 0 Å². The zero-order valence-electron chi connectivity index (χ0n) is 13.0. The number of halogens is 5. The van der Waals surface area contributed by atoms with Crippen molar-refractivity contribution in [3.05, 3.63) is 35.4 Å². The van der Waals surface area contributed by atoms with E-state index in [0.29, 0.717) is 18.4 Å². The van der Waals surface area contributed by atoms with Gasteiger partial charge in [0.25, 0.3) is 0 Å². The van der Waals surface area contributed by atoms with E-state index in [4.69, 9.17) is 5.73 Å². The van der Waals surface area contributed by atoms with Crippen LogP contribution >= 0.6 is 0 Å². The number of nitrogens with two attached hydrogens (primary N) is 1. The summed E-state index contributed by atoms with van der Waals surface area (Å²) in [5.74, 6) is -2.77. The van der Waals surface area contributed by atoms with Gasteiger partial charge >= 0.3 is 6.18 Å². The van der Waals surface area contributed by atoms with E-state index in [1.165, 1.54) is 12.1 Å². The van der Waals surface area contributed by atoms with Crippen molar-refractivity contribution in [3.8, 4) is 0 Å². The second-order valence-corrected chi connectivity index (χ2v) is 6.10. The summed E-state index contributed by atoms with van der Waals surface area (Å²) in [5, 5.41) is 2.78. The third-order valence-corrected chi connectivity index (χ3v) is 4.00. The fraction of sp³-hybridized carbons (Fsp3) is 0.562. The molecule has 0 amide bonds. The first-order valence-corrected chi connectivity index (χ1v) is 7.73. The summed E-state index contributed by atoms with van der Waals surface area (Å²) in [6.45, 7) is 0.275. The molecule has 1 aliphatic carbocycles. The van der Waals surface area contributed by atoms with Crippen molar-refractivity contribution in [3.63, 3.8) is 0 Å². The van der Waals surface area contributed by atoms with Crippen molar-refractivity contribution in [2.75, 3.05) is 6.54 Å². The molecule has 1 aromatic carbocycles. The maximum atomic E-state index is 13.3. The lowest BCUT2D eigenvalue weighted by Gasteiger charge is -2.29. The Hall–Kier alpha value is -1.86. The van der Waals surface area contributed by atoms with E-state index in [1.54, 1.807) is 0 Å². The lowest BCUT2D eigenvalue weighted by molar-refractivity contribution is -0.137. The van der Waals surface area contributed by atoms with Crippen LogP contribution in [0.3, 0.4) is 0 Å². The average molecular weight is 349 g/mol. The van der Waals surface area contributed by atoms with Crippen molar-refractivity contribution < 1.29 is 22.0 Å². The highest BCUT2D eigenvalue weighted by Crippen LogP contribution is 2.36. The fourth-order valence-electron chi connectivity index (χ4n) is 2.78. The van der Waals surface area contributed by atoms with Gasteiger partial charge in [0.05, 0.1) is 12.1 Å². The molecule has 134 valence electrons. The maximum Gasteiger partial charge on any atom is 0.416 e. The monoisotopic (exact) mass is 349 g/mol. The van der Waals surface area contributed by atoms with Crippen LogP contribution in [0.2, 0.25) is 0 Å². The quantitative estimate of drug-likeness (QED) is 0.491. The molecule has 0 heterocycles. The molecule has 8 heteroatoms. The summed E-state index contributed by atoms with van der Waals surface area (Å²) in [6, 6.07) is 4.83. The minimum Gasteiger partial charge on any atom is -0.370 e. The van der Waals surface area contributed by atoms with Crippen molar-refractivity contribution in [2.45, 2.75) is 44.3 Å². The lowest BCUT2D eigenvalue weighted by Crippen LogP contribution is -2.38. The van der Waals surface area contributed by atoms with Gasteiger partial charge in [0.1, 0.15) is 0 Å². The molecule has 0 aromatic heterocycles. The Morgan fingerprint density at radius 2 is 2.08 bits per heavy atom. The van der Waals surface area contributed by atoms with Crippen LogP contribution in [0, 0.1) is 5.92 Å². The molecule has 0 spiro atoms. The molecule has 3 N–H and O–H groups in total. The second kappa shape index (κ2) is 7.36. The first-order valence-electron chi connectivity index (χ1n) is 7.73. The number of hydrogen-bond acceptors (Lipinski definition) is 1. The molecule has 3 nitrogen and oxygen atoms in total.